The van der Waals surface area contributed by atoms with Crippen molar-refractivity contribution in [3.63, 3.8) is 0 Å². The Bertz CT molecular complexity index is 592. The number of hydrogen-bond donors (Lipinski definition) is 1. The maximum absolute atomic E-state index is 10.3. The highest BCUT2D eigenvalue weighted by molar-refractivity contribution is 6.30. The predicted molar refractivity (Wildman–Crippen MR) is 75.3 cm³/mol. The Kier molecular flexibility index (Phi) is 4.76. The van der Waals surface area contributed by atoms with Crippen LogP contribution in [0.1, 0.15) is 17.4 Å². The van der Waals surface area contributed by atoms with Crippen LogP contribution in [-0.2, 0) is 6.42 Å². The molecule has 0 aliphatic rings. The number of aromatic nitrogens is 2. The van der Waals surface area contributed by atoms with Gasteiger partial charge in [-0.2, -0.15) is 0 Å². The van der Waals surface area contributed by atoms with Gasteiger partial charge in [0.05, 0.1) is 19.9 Å². The molecule has 1 heterocycles. The fourth-order valence-corrected chi connectivity index (χ4v) is 2.06. The van der Waals surface area contributed by atoms with Gasteiger partial charge in [-0.15, -0.1) is 0 Å². The van der Waals surface area contributed by atoms with E-state index in [1.807, 2.05) is 0 Å². The quantitative estimate of drug-likeness (QED) is 0.917. The minimum absolute atomic E-state index is 0.337. The summed E-state index contributed by atoms with van der Waals surface area (Å²) < 4.78 is 10.3. The van der Waals surface area contributed by atoms with Crippen molar-refractivity contribution in [1.29, 1.82) is 0 Å². The van der Waals surface area contributed by atoms with E-state index in [1.165, 1.54) is 13.4 Å². The van der Waals surface area contributed by atoms with Crippen LogP contribution in [0.3, 0.4) is 0 Å². The van der Waals surface area contributed by atoms with Crippen LogP contribution in [0.2, 0.25) is 5.02 Å². The van der Waals surface area contributed by atoms with Crippen LogP contribution < -0.4 is 9.47 Å². The molecule has 5 nitrogen and oxygen atoms in total. The molecule has 0 saturated carbocycles. The molecule has 0 aliphatic heterocycles. The standard InChI is InChI=1S/C14H15ClN2O3/c1-19-13-4-3-10(15)5-9(13)6-12(18)11-7-14(20-2)17-8-16-11/h3-5,7-8,12,18H,6H2,1-2H3. The lowest BCUT2D eigenvalue weighted by Crippen LogP contribution is -2.06. The summed E-state index contributed by atoms with van der Waals surface area (Å²) in [7, 11) is 3.09. The summed E-state index contributed by atoms with van der Waals surface area (Å²) in [4.78, 5) is 7.95. The van der Waals surface area contributed by atoms with Crippen molar-refractivity contribution < 1.29 is 14.6 Å². The van der Waals surface area contributed by atoms with Gasteiger partial charge < -0.3 is 14.6 Å². The zero-order valence-electron chi connectivity index (χ0n) is 11.2. The second-order valence-electron chi connectivity index (χ2n) is 4.16. The van der Waals surface area contributed by atoms with E-state index in [4.69, 9.17) is 21.1 Å². The molecule has 0 spiro atoms. The third-order valence-corrected chi connectivity index (χ3v) is 3.10. The normalized spacial score (nSPS) is 12.0. The van der Waals surface area contributed by atoms with Gasteiger partial charge in [0.1, 0.15) is 18.2 Å². The molecule has 1 aromatic heterocycles. The topological polar surface area (TPSA) is 64.5 Å². The Labute approximate surface area is 122 Å². The van der Waals surface area contributed by atoms with Gasteiger partial charge in [0.15, 0.2) is 0 Å². The van der Waals surface area contributed by atoms with E-state index >= 15 is 0 Å². The van der Waals surface area contributed by atoms with Crippen LogP contribution in [0, 0.1) is 0 Å². The first-order valence-corrected chi connectivity index (χ1v) is 6.38. The lowest BCUT2D eigenvalue weighted by molar-refractivity contribution is 0.171. The fourth-order valence-electron chi connectivity index (χ4n) is 1.87. The summed E-state index contributed by atoms with van der Waals surface area (Å²) in [5.74, 6) is 1.08. The van der Waals surface area contributed by atoms with Crippen LogP contribution in [-0.4, -0.2) is 29.3 Å². The van der Waals surface area contributed by atoms with Gasteiger partial charge >= 0.3 is 0 Å². The third-order valence-electron chi connectivity index (χ3n) is 2.87. The second-order valence-corrected chi connectivity index (χ2v) is 4.60. The minimum atomic E-state index is -0.792. The molecule has 1 unspecified atom stereocenters. The van der Waals surface area contributed by atoms with E-state index in [0.29, 0.717) is 28.8 Å². The van der Waals surface area contributed by atoms with Gasteiger partial charge in [0.25, 0.3) is 0 Å². The molecule has 0 aliphatic carbocycles. The molecule has 2 rings (SSSR count). The zero-order chi connectivity index (χ0) is 14.5. The van der Waals surface area contributed by atoms with E-state index in [2.05, 4.69) is 9.97 Å². The maximum atomic E-state index is 10.3. The van der Waals surface area contributed by atoms with Crippen molar-refractivity contribution in [1.82, 2.24) is 9.97 Å². The van der Waals surface area contributed by atoms with Crippen LogP contribution in [0.15, 0.2) is 30.6 Å². The number of ether oxygens (including phenoxy) is 2. The van der Waals surface area contributed by atoms with Crippen molar-refractivity contribution in [3.8, 4) is 11.6 Å². The summed E-state index contributed by atoms with van der Waals surface area (Å²) in [5, 5.41) is 10.9. The minimum Gasteiger partial charge on any atom is -0.496 e. The Morgan fingerprint density at radius 1 is 1.20 bits per heavy atom. The molecule has 106 valence electrons. The largest absolute Gasteiger partial charge is 0.496 e. The molecule has 6 heteroatoms. The van der Waals surface area contributed by atoms with Gasteiger partial charge in [-0.1, -0.05) is 11.6 Å². The number of hydrogen-bond acceptors (Lipinski definition) is 5. The van der Waals surface area contributed by atoms with Crippen LogP contribution in [0.25, 0.3) is 0 Å². The first-order chi connectivity index (χ1) is 9.63. The smallest absolute Gasteiger partial charge is 0.216 e. The highest BCUT2D eigenvalue weighted by atomic mass is 35.5. The molecule has 0 saturated heterocycles. The molecule has 1 N–H and O–H groups in total. The molecule has 2 aromatic rings. The number of aliphatic hydroxyl groups is 1. The molecular weight excluding hydrogens is 280 g/mol. The second kappa shape index (κ2) is 6.54. The monoisotopic (exact) mass is 294 g/mol. The van der Waals surface area contributed by atoms with Gasteiger partial charge in [-0.3, -0.25) is 0 Å². The van der Waals surface area contributed by atoms with Crippen molar-refractivity contribution in [3.05, 3.63) is 46.9 Å². The SMILES string of the molecule is COc1cc(C(O)Cc2cc(Cl)ccc2OC)ncn1. The zero-order valence-corrected chi connectivity index (χ0v) is 12.0. The van der Waals surface area contributed by atoms with Gasteiger partial charge in [-0.05, 0) is 23.8 Å². The molecule has 0 bridgehead atoms. The molecular formula is C14H15ClN2O3. The summed E-state index contributed by atoms with van der Waals surface area (Å²) in [6.07, 6.45) is 0.899. The van der Waals surface area contributed by atoms with E-state index in [0.717, 1.165) is 5.56 Å². The fraction of sp³-hybridized carbons (Fsp3) is 0.286. The maximum Gasteiger partial charge on any atom is 0.216 e. The summed E-state index contributed by atoms with van der Waals surface area (Å²) >= 11 is 5.97. The van der Waals surface area contributed by atoms with E-state index in [1.54, 1.807) is 31.4 Å². The number of aliphatic hydroxyl groups excluding tert-OH is 1. The number of methoxy groups -OCH3 is 2. The number of halogens is 1. The number of benzene rings is 1. The lowest BCUT2D eigenvalue weighted by atomic mass is 10.0. The Balaban J connectivity index is 2.22. The first kappa shape index (κ1) is 14.6. The Hall–Kier alpha value is -1.85. The summed E-state index contributed by atoms with van der Waals surface area (Å²) in [5.41, 5.74) is 1.30. The third kappa shape index (κ3) is 3.37. The molecule has 0 fully saturated rings. The molecule has 1 atom stereocenters. The number of rotatable bonds is 5. The van der Waals surface area contributed by atoms with Crippen LogP contribution in [0.5, 0.6) is 11.6 Å². The molecule has 0 radical (unpaired) electrons. The van der Waals surface area contributed by atoms with Crippen molar-refractivity contribution in [2.45, 2.75) is 12.5 Å². The van der Waals surface area contributed by atoms with Gasteiger partial charge in [-0.25, -0.2) is 9.97 Å². The Morgan fingerprint density at radius 3 is 2.70 bits per heavy atom. The van der Waals surface area contributed by atoms with E-state index < -0.39 is 6.10 Å². The molecule has 0 amide bonds. The highest BCUT2D eigenvalue weighted by Crippen LogP contribution is 2.27. The summed E-state index contributed by atoms with van der Waals surface area (Å²) in [6, 6.07) is 6.87. The van der Waals surface area contributed by atoms with Crippen molar-refractivity contribution in [2.75, 3.05) is 14.2 Å². The van der Waals surface area contributed by atoms with Gasteiger partial charge in [0.2, 0.25) is 5.88 Å². The van der Waals surface area contributed by atoms with Gasteiger partial charge in [0, 0.05) is 17.5 Å². The van der Waals surface area contributed by atoms with Crippen LogP contribution >= 0.6 is 11.6 Å². The highest BCUT2D eigenvalue weighted by Gasteiger charge is 2.14. The summed E-state index contributed by atoms with van der Waals surface area (Å²) in [6.45, 7) is 0. The molecule has 20 heavy (non-hydrogen) atoms. The van der Waals surface area contributed by atoms with Crippen molar-refractivity contribution >= 4 is 11.6 Å². The van der Waals surface area contributed by atoms with E-state index in [9.17, 15) is 5.11 Å². The average molecular weight is 295 g/mol. The number of nitrogens with zero attached hydrogens (tertiary/aromatic N) is 2. The van der Waals surface area contributed by atoms with E-state index in [-0.39, 0.29) is 0 Å². The molecule has 1 aromatic carbocycles. The first-order valence-electron chi connectivity index (χ1n) is 6.00. The van der Waals surface area contributed by atoms with Crippen molar-refractivity contribution in [2.24, 2.45) is 0 Å². The average Bonchev–Trinajstić information content (AvgIpc) is 2.47. The Morgan fingerprint density at radius 2 is 2.00 bits per heavy atom. The predicted octanol–water partition coefficient (Wildman–Crippen LogP) is 2.42. The van der Waals surface area contributed by atoms with Crippen LogP contribution in [0.4, 0.5) is 0 Å². The lowest BCUT2D eigenvalue weighted by Gasteiger charge is -2.13.